The van der Waals surface area contributed by atoms with Gasteiger partial charge in [-0.15, -0.1) is 11.3 Å². The molecule has 1 N–H and O–H groups in total. The zero-order valence-corrected chi connectivity index (χ0v) is 13.1. The second kappa shape index (κ2) is 5.63. The number of hydrogen-bond donors (Lipinski definition) is 1. The van der Waals surface area contributed by atoms with Gasteiger partial charge in [0.05, 0.1) is 6.04 Å². The SMILES string of the molecule is CCCC1NC(c2cccs2)N(CC(C)(C)C)C1=O. The lowest BCUT2D eigenvalue weighted by Gasteiger charge is -2.30. The Bertz CT molecular complexity index is 422. The summed E-state index contributed by atoms with van der Waals surface area (Å²) in [7, 11) is 0. The van der Waals surface area contributed by atoms with Gasteiger partial charge in [-0.3, -0.25) is 10.1 Å². The Morgan fingerprint density at radius 3 is 2.68 bits per heavy atom. The highest BCUT2D eigenvalue weighted by atomic mass is 32.1. The average molecular weight is 280 g/mol. The Hall–Kier alpha value is -0.870. The molecule has 2 rings (SSSR count). The molecule has 0 aromatic carbocycles. The van der Waals surface area contributed by atoms with Gasteiger partial charge in [-0.1, -0.05) is 40.2 Å². The van der Waals surface area contributed by atoms with Crippen LogP contribution in [0.2, 0.25) is 0 Å². The van der Waals surface area contributed by atoms with Crippen molar-refractivity contribution in [1.82, 2.24) is 10.2 Å². The molecule has 2 unspecified atom stereocenters. The Kier molecular flexibility index (Phi) is 4.31. The summed E-state index contributed by atoms with van der Waals surface area (Å²) < 4.78 is 0. The summed E-state index contributed by atoms with van der Waals surface area (Å²) in [4.78, 5) is 15.8. The standard InChI is InChI=1S/C15H24N2OS/c1-5-7-11-14(18)17(10-15(2,3)4)13(16-11)12-8-6-9-19-12/h6,8-9,11,13,16H,5,7,10H2,1-4H3. The van der Waals surface area contributed by atoms with Gasteiger partial charge in [0.2, 0.25) is 5.91 Å². The van der Waals surface area contributed by atoms with Gasteiger partial charge in [-0.25, -0.2) is 0 Å². The minimum Gasteiger partial charge on any atom is -0.320 e. The van der Waals surface area contributed by atoms with Crippen molar-refractivity contribution in [3.63, 3.8) is 0 Å². The van der Waals surface area contributed by atoms with Gasteiger partial charge in [-0.2, -0.15) is 0 Å². The summed E-state index contributed by atoms with van der Waals surface area (Å²) in [6.45, 7) is 9.46. The van der Waals surface area contributed by atoms with E-state index in [4.69, 9.17) is 0 Å². The van der Waals surface area contributed by atoms with Crippen LogP contribution in [0.3, 0.4) is 0 Å². The number of rotatable bonds is 4. The topological polar surface area (TPSA) is 32.3 Å². The van der Waals surface area contributed by atoms with Crippen LogP contribution in [0.15, 0.2) is 17.5 Å². The highest BCUT2D eigenvalue weighted by molar-refractivity contribution is 7.10. The van der Waals surface area contributed by atoms with Crippen LogP contribution in [0.25, 0.3) is 0 Å². The minimum atomic E-state index is -0.0144. The maximum atomic E-state index is 12.5. The average Bonchev–Trinajstić information content (AvgIpc) is 2.91. The fourth-order valence-electron chi connectivity index (χ4n) is 2.54. The third-order valence-corrected chi connectivity index (χ3v) is 4.21. The molecule has 1 saturated heterocycles. The van der Waals surface area contributed by atoms with Crippen LogP contribution < -0.4 is 5.32 Å². The molecule has 4 heteroatoms. The maximum absolute atomic E-state index is 12.5. The molecule has 1 aliphatic rings. The number of nitrogens with one attached hydrogen (secondary N) is 1. The highest BCUT2D eigenvalue weighted by Gasteiger charge is 2.40. The molecular formula is C15H24N2OS. The van der Waals surface area contributed by atoms with E-state index in [0.29, 0.717) is 0 Å². The molecule has 106 valence electrons. The molecule has 19 heavy (non-hydrogen) atoms. The third kappa shape index (κ3) is 3.37. The number of hydrogen-bond acceptors (Lipinski definition) is 3. The first-order valence-corrected chi connectivity index (χ1v) is 7.90. The van der Waals surface area contributed by atoms with Crippen LogP contribution in [0.5, 0.6) is 0 Å². The molecule has 2 heterocycles. The van der Waals surface area contributed by atoms with E-state index in [9.17, 15) is 4.79 Å². The molecule has 0 spiro atoms. The summed E-state index contributed by atoms with van der Waals surface area (Å²) in [5.74, 6) is 0.259. The summed E-state index contributed by atoms with van der Waals surface area (Å²) >= 11 is 1.72. The highest BCUT2D eigenvalue weighted by Crippen LogP contribution is 2.32. The molecule has 1 amide bonds. The Morgan fingerprint density at radius 1 is 1.42 bits per heavy atom. The normalized spacial score (nSPS) is 24.2. The van der Waals surface area contributed by atoms with E-state index < -0.39 is 0 Å². The fraction of sp³-hybridized carbons (Fsp3) is 0.667. The van der Waals surface area contributed by atoms with Crippen molar-refractivity contribution in [3.8, 4) is 0 Å². The van der Waals surface area contributed by atoms with Crippen molar-refractivity contribution in [2.75, 3.05) is 6.54 Å². The van der Waals surface area contributed by atoms with E-state index in [2.05, 4.69) is 50.5 Å². The predicted molar refractivity (Wildman–Crippen MR) is 80.1 cm³/mol. The number of thiophene rings is 1. The van der Waals surface area contributed by atoms with E-state index in [1.807, 2.05) is 4.90 Å². The molecule has 1 aromatic rings. The van der Waals surface area contributed by atoms with Gasteiger partial charge < -0.3 is 4.90 Å². The van der Waals surface area contributed by atoms with Crippen molar-refractivity contribution in [2.24, 2.45) is 5.41 Å². The molecule has 0 saturated carbocycles. The molecule has 3 nitrogen and oxygen atoms in total. The first kappa shape index (κ1) is 14.5. The molecule has 0 bridgehead atoms. The Morgan fingerprint density at radius 2 is 2.16 bits per heavy atom. The lowest BCUT2D eigenvalue weighted by molar-refractivity contribution is -0.131. The van der Waals surface area contributed by atoms with Crippen LogP contribution in [-0.4, -0.2) is 23.4 Å². The molecule has 1 fully saturated rings. The van der Waals surface area contributed by atoms with Crippen molar-refractivity contribution < 1.29 is 4.79 Å². The largest absolute Gasteiger partial charge is 0.320 e. The van der Waals surface area contributed by atoms with Crippen LogP contribution in [0.1, 0.15) is 51.6 Å². The van der Waals surface area contributed by atoms with E-state index >= 15 is 0 Å². The van der Waals surface area contributed by atoms with E-state index in [1.165, 1.54) is 4.88 Å². The second-order valence-electron chi connectivity index (χ2n) is 6.45. The maximum Gasteiger partial charge on any atom is 0.241 e. The van der Waals surface area contributed by atoms with Crippen molar-refractivity contribution in [2.45, 2.75) is 52.7 Å². The fourth-order valence-corrected chi connectivity index (χ4v) is 3.33. The molecule has 2 atom stereocenters. The van der Waals surface area contributed by atoms with E-state index in [1.54, 1.807) is 11.3 Å². The molecule has 1 aliphatic heterocycles. The summed E-state index contributed by atoms with van der Waals surface area (Å²) in [6.07, 6.45) is 2.01. The smallest absolute Gasteiger partial charge is 0.241 e. The Balaban J connectivity index is 2.21. The first-order valence-electron chi connectivity index (χ1n) is 7.02. The van der Waals surface area contributed by atoms with Crippen molar-refractivity contribution >= 4 is 17.2 Å². The van der Waals surface area contributed by atoms with Gasteiger partial charge >= 0.3 is 0 Å². The van der Waals surface area contributed by atoms with Crippen LogP contribution in [-0.2, 0) is 4.79 Å². The number of carbonyl (C=O) groups is 1. The van der Waals surface area contributed by atoms with Gasteiger partial charge in [-0.05, 0) is 23.3 Å². The quantitative estimate of drug-likeness (QED) is 0.917. The van der Waals surface area contributed by atoms with Crippen LogP contribution >= 0.6 is 11.3 Å². The third-order valence-electron chi connectivity index (χ3n) is 3.29. The van der Waals surface area contributed by atoms with Gasteiger partial charge in [0.1, 0.15) is 6.17 Å². The summed E-state index contributed by atoms with van der Waals surface area (Å²) in [5, 5.41) is 5.58. The number of amides is 1. The molecule has 1 aromatic heterocycles. The minimum absolute atomic E-state index is 0.0144. The Labute approximate surface area is 120 Å². The molecule has 0 aliphatic carbocycles. The lowest BCUT2D eigenvalue weighted by atomic mass is 9.95. The molecular weight excluding hydrogens is 256 g/mol. The van der Waals surface area contributed by atoms with Crippen molar-refractivity contribution in [3.05, 3.63) is 22.4 Å². The summed E-state index contributed by atoms with van der Waals surface area (Å²) in [5.41, 5.74) is 0.119. The van der Waals surface area contributed by atoms with Crippen LogP contribution in [0, 0.1) is 5.41 Å². The zero-order valence-electron chi connectivity index (χ0n) is 12.3. The van der Waals surface area contributed by atoms with E-state index in [-0.39, 0.29) is 23.5 Å². The monoisotopic (exact) mass is 280 g/mol. The lowest BCUT2D eigenvalue weighted by Crippen LogP contribution is -2.37. The second-order valence-corrected chi connectivity index (χ2v) is 7.43. The number of carbonyl (C=O) groups excluding carboxylic acids is 1. The predicted octanol–water partition coefficient (Wildman–Crippen LogP) is 3.39. The van der Waals surface area contributed by atoms with Crippen LogP contribution in [0.4, 0.5) is 0 Å². The zero-order chi connectivity index (χ0) is 14.0. The van der Waals surface area contributed by atoms with Gasteiger partial charge in [0, 0.05) is 11.4 Å². The number of nitrogens with zero attached hydrogens (tertiary/aromatic N) is 1. The molecule has 0 radical (unpaired) electrons. The van der Waals surface area contributed by atoms with E-state index in [0.717, 1.165) is 19.4 Å². The van der Waals surface area contributed by atoms with Crippen molar-refractivity contribution in [1.29, 1.82) is 0 Å². The first-order chi connectivity index (χ1) is 8.92. The van der Waals surface area contributed by atoms with Gasteiger partial charge in [0.15, 0.2) is 0 Å². The summed E-state index contributed by atoms with van der Waals surface area (Å²) in [6, 6.07) is 4.15. The van der Waals surface area contributed by atoms with Gasteiger partial charge in [0.25, 0.3) is 0 Å².